The van der Waals surface area contributed by atoms with Crippen LogP contribution in [0.25, 0.3) is 0 Å². The largest absolute Gasteiger partial charge is 0.493 e. The zero-order chi connectivity index (χ0) is 18.9. The third-order valence-electron chi connectivity index (χ3n) is 3.81. The molecule has 0 spiro atoms. The summed E-state index contributed by atoms with van der Waals surface area (Å²) in [5, 5.41) is 24.2. The minimum atomic E-state index is -0.891. The summed E-state index contributed by atoms with van der Waals surface area (Å²) in [6.07, 6.45) is -0.891. The number of rotatable bonds is 9. The monoisotopic (exact) mass is 360 g/mol. The van der Waals surface area contributed by atoms with Crippen molar-refractivity contribution in [3.63, 3.8) is 0 Å². The summed E-state index contributed by atoms with van der Waals surface area (Å²) in [5.41, 5.74) is 1.92. The van der Waals surface area contributed by atoms with Crippen molar-refractivity contribution in [2.45, 2.75) is 12.6 Å². The second-order valence-electron chi connectivity index (χ2n) is 5.63. The lowest BCUT2D eigenvalue weighted by molar-refractivity contribution is 0.0950. The van der Waals surface area contributed by atoms with Gasteiger partial charge in [-0.25, -0.2) is 0 Å². The van der Waals surface area contributed by atoms with Crippen LogP contribution in [0.15, 0.2) is 42.5 Å². The molecule has 4 N–H and O–H groups in total. The quantitative estimate of drug-likeness (QED) is 0.539. The van der Waals surface area contributed by atoms with Gasteiger partial charge in [-0.15, -0.1) is 0 Å². The van der Waals surface area contributed by atoms with Gasteiger partial charge in [0, 0.05) is 18.8 Å². The number of ether oxygens (including phenoxy) is 2. The van der Waals surface area contributed by atoms with E-state index in [1.165, 1.54) is 0 Å². The fourth-order valence-corrected chi connectivity index (χ4v) is 2.40. The van der Waals surface area contributed by atoms with E-state index in [9.17, 15) is 9.90 Å². The Morgan fingerprint density at radius 2 is 1.85 bits per heavy atom. The maximum Gasteiger partial charge on any atom is 0.253 e. The maximum atomic E-state index is 12.5. The Morgan fingerprint density at radius 1 is 1.12 bits per heavy atom. The van der Waals surface area contributed by atoms with E-state index < -0.39 is 6.10 Å². The van der Waals surface area contributed by atoms with Crippen LogP contribution in [0.5, 0.6) is 11.5 Å². The Kier molecular flexibility index (Phi) is 7.25. The van der Waals surface area contributed by atoms with E-state index >= 15 is 0 Å². The molecular weight excluding hydrogens is 336 g/mol. The number of amides is 1. The predicted octanol–water partition coefficient (Wildman–Crippen LogP) is 1.40. The van der Waals surface area contributed by atoms with Crippen molar-refractivity contribution in [1.29, 1.82) is 0 Å². The molecule has 0 aliphatic carbocycles. The molecule has 1 unspecified atom stereocenters. The Morgan fingerprint density at radius 3 is 2.54 bits per heavy atom. The average molecular weight is 360 g/mol. The molecule has 0 aliphatic heterocycles. The molecule has 2 aromatic carbocycles. The number of methoxy groups -OCH3 is 2. The van der Waals surface area contributed by atoms with E-state index in [1.54, 1.807) is 50.6 Å². The van der Waals surface area contributed by atoms with Gasteiger partial charge >= 0.3 is 0 Å². The van der Waals surface area contributed by atoms with Gasteiger partial charge < -0.3 is 30.3 Å². The van der Waals surface area contributed by atoms with Crippen LogP contribution in [0.2, 0.25) is 0 Å². The molecule has 0 bridgehead atoms. The summed E-state index contributed by atoms with van der Waals surface area (Å²) in [6, 6.07) is 12.4. The van der Waals surface area contributed by atoms with Crippen LogP contribution < -0.4 is 20.1 Å². The number of nitrogens with one attached hydrogen (secondary N) is 2. The summed E-state index contributed by atoms with van der Waals surface area (Å²) in [6.45, 7) is 0.129. The molecule has 0 saturated carbocycles. The van der Waals surface area contributed by atoms with Gasteiger partial charge in [0.05, 0.1) is 32.5 Å². The molecule has 1 atom stereocenters. The van der Waals surface area contributed by atoms with Gasteiger partial charge in [0.25, 0.3) is 5.91 Å². The van der Waals surface area contributed by atoms with Crippen LogP contribution in [0, 0.1) is 0 Å². The van der Waals surface area contributed by atoms with Gasteiger partial charge in [-0.05, 0) is 29.8 Å². The topological polar surface area (TPSA) is 100 Å². The van der Waals surface area contributed by atoms with Gasteiger partial charge in [-0.2, -0.15) is 0 Å². The van der Waals surface area contributed by atoms with Crippen LogP contribution in [0.4, 0.5) is 5.69 Å². The fourth-order valence-electron chi connectivity index (χ4n) is 2.40. The summed E-state index contributed by atoms with van der Waals surface area (Å²) in [4.78, 5) is 12.5. The minimum Gasteiger partial charge on any atom is -0.493 e. The first-order chi connectivity index (χ1) is 12.6. The molecule has 0 saturated heterocycles. The highest BCUT2D eigenvalue weighted by molar-refractivity contribution is 5.99. The number of carbonyl (C=O) groups excluding carboxylic acids is 1. The molecule has 0 fully saturated rings. The Balaban J connectivity index is 2.04. The predicted molar refractivity (Wildman–Crippen MR) is 98.7 cm³/mol. The van der Waals surface area contributed by atoms with Crippen LogP contribution in [-0.4, -0.2) is 49.6 Å². The van der Waals surface area contributed by atoms with Crippen molar-refractivity contribution in [2.24, 2.45) is 0 Å². The SMILES string of the molecule is COc1ccc(CNC(=O)c2ccccc2NCC(O)CO)cc1OC. The van der Waals surface area contributed by atoms with E-state index in [1.807, 2.05) is 6.07 Å². The van der Waals surface area contributed by atoms with Crippen LogP contribution in [0.3, 0.4) is 0 Å². The second-order valence-corrected chi connectivity index (χ2v) is 5.63. The third-order valence-corrected chi connectivity index (χ3v) is 3.81. The van der Waals surface area contributed by atoms with E-state index in [0.717, 1.165) is 5.56 Å². The van der Waals surface area contributed by atoms with Crippen LogP contribution in [0.1, 0.15) is 15.9 Å². The van der Waals surface area contributed by atoms with Crippen molar-refractivity contribution in [3.05, 3.63) is 53.6 Å². The highest BCUT2D eigenvalue weighted by Crippen LogP contribution is 2.27. The summed E-state index contributed by atoms with van der Waals surface area (Å²) in [5.74, 6) is 0.972. The smallest absolute Gasteiger partial charge is 0.253 e. The molecule has 140 valence electrons. The lowest BCUT2D eigenvalue weighted by Crippen LogP contribution is -2.26. The zero-order valence-corrected chi connectivity index (χ0v) is 14.9. The van der Waals surface area contributed by atoms with E-state index in [0.29, 0.717) is 29.3 Å². The van der Waals surface area contributed by atoms with E-state index in [-0.39, 0.29) is 19.1 Å². The number of aliphatic hydroxyl groups is 2. The Labute approximate surface area is 152 Å². The van der Waals surface area contributed by atoms with Crippen molar-refractivity contribution < 1.29 is 24.5 Å². The lowest BCUT2D eigenvalue weighted by Gasteiger charge is -2.14. The molecule has 2 aromatic rings. The summed E-state index contributed by atoms with van der Waals surface area (Å²) < 4.78 is 10.5. The lowest BCUT2D eigenvalue weighted by atomic mass is 10.1. The molecule has 0 heterocycles. The molecule has 0 aliphatic rings. The molecule has 0 radical (unpaired) electrons. The molecular formula is C19H24N2O5. The zero-order valence-electron chi connectivity index (χ0n) is 14.9. The third kappa shape index (κ3) is 5.11. The van der Waals surface area contributed by atoms with Gasteiger partial charge in [0.1, 0.15) is 0 Å². The van der Waals surface area contributed by atoms with Gasteiger partial charge in [-0.1, -0.05) is 18.2 Å². The second kappa shape index (κ2) is 9.65. The molecule has 26 heavy (non-hydrogen) atoms. The molecule has 0 aromatic heterocycles. The van der Waals surface area contributed by atoms with Crippen molar-refractivity contribution >= 4 is 11.6 Å². The minimum absolute atomic E-state index is 0.149. The maximum absolute atomic E-state index is 12.5. The first-order valence-corrected chi connectivity index (χ1v) is 8.20. The van der Waals surface area contributed by atoms with Crippen LogP contribution in [-0.2, 0) is 6.54 Å². The van der Waals surface area contributed by atoms with Gasteiger partial charge in [0.2, 0.25) is 0 Å². The Bertz CT molecular complexity index is 736. The van der Waals surface area contributed by atoms with Crippen molar-refractivity contribution in [1.82, 2.24) is 5.32 Å². The fraction of sp³-hybridized carbons (Fsp3) is 0.316. The van der Waals surface area contributed by atoms with Gasteiger partial charge in [-0.3, -0.25) is 4.79 Å². The standard InChI is InChI=1S/C19H24N2O5/c1-25-17-8-7-13(9-18(17)26-2)10-21-19(24)15-5-3-4-6-16(15)20-11-14(23)12-22/h3-9,14,20,22-23H,10-12H2,1-2H3,(H,21,24). The number of hydrogen-bond donors (Lipinski definition) is 4. The number of aliphatic hydroxyl groups excluding tert-OH is 2. The first kappa shape index (κ1) is 19.6. The average Bonchev–Trinajstić information content (AvgIpc) is 2.69. The highest BCUT2D eigenvalue weighted by atomic mass is 16.5. The summed E-state index contributed by atoms with van der Waals surface area (Å²) >= 11 is 0. The number of anilines is 1. The summed E-state index contributed by atoms with van der Waals surface area (Å²) in [7, 11) is 3.12. The molecule has 7 nitrogen and oxygen atoms in total. The van der Waals surface area contributed by atoms with Crippen molar-refractivity contribution in [3.8, 4) is 11.5 Å². The number of carbonyl (C=O) groups is 1. The van der Waals surface area contributed by atoms with E-state index in [2.05, 4.69) is 10.6 Å². The molecule has 7 heteroatoms. The molecule has 1 amide bonds. The first-order valence-electron chi connectivity index (χ1n) is 8.20. The van der Waals surface area contributed by atoms with Gasteiger partial charge in [0.15, 0.2) is 11.5 Å². The normalized spacial score (nSPS) is 11.5. The molecule has 2 rings (SSSR count). The Hall–Kier alpha value is -2.77. The highest BCUT2D eigenvalue weighted by Gasteiger charge is 2.12. The van der Waals surface area contributed by atoms with Crippen molar-refractivity contribution in [2.75, 3.05) is 32.7 Å². The van der Waals surface area contributed by atoms with Crippen LogP contribution >= 0.6 is 0 Å². The number of para-hydroxylation sites is 1. The number of hydrogen-bond acceptors (Lipinski definition) is 6. The number of benzene rings is 2. The van der Waals surface area contributed by atoms with E-state index in [4.69, 9.17) is 14.6 Å².